The van der Waals surface area contributed by atoms with Gasteiger partial charge >= 0.3 is 0 Å². The predicted octanol–water partition coefficient (Wildman–Crippen LogP) is 4.16. The zero-order valence-corrected chi connectivity index (χ0v) is 13.2. The van der Waals surface area contributed by atoms with Gasteiger partial charge < -0.3 is 9.47 Å². The predicted molar refractivity (Wildman–Crippen MR) is 92.0 cm³/mol. The molecular formula is C20H22NO2. The highest BCUT2D eigenvalue weighted by Gasteiger charge is 2.22. The molecule has 1 aliphatic carbocycles. The lowest BCUT2D eigenvalue weighted by Crippen LogP contribution is -2.34. The number of hydrogen-bond donors (Lipinski definition) is 1. The Bertz CT molecular complexity index is 655. The van der Waals surface area contributed by atoms with E-state index in [1.807, 2.05) is 0 Å². The highest BCUT2D eigenvalue weighted by Crippen LogP contribution is 2.23. The van der Waals surface area contributed by atoms with E-state index in [1.165, 1.54) is 23.0 Å². The molecule has 3 rings (SSSR count). The number of hydrogen-bond acceptors (Lipinski definition) is 3. The van der Waals surface area contributed by atoms with Crippen LogP contribution in [-0.2, 0) is 22.4 Å². The lowest BCUT2D eigenvalue weighted by molar-refractivity contribution is 0.232. The molecule has 0 fully saturated rings. The topological polar surface area (TPSA) is 30.5 Å². The molecule has 1 unspecified atom stereocenters. The zero-order chi connectivity index (χ0) is 15.9. The third-order valence-electron chi connectivity index (χ3n) is 4.01. The third-order valence-corrected chi connectivity index (χ3v) is 4.01. The number of benzene rings is 1. The Morgan fingerprint density at radius 3 is 2.87 bits per heavy atom. The summed E-state index contributed by atoms with van der Waals surface area (Å²) in [6.07, 6.45) is 14.1. The van der Waals surface area contributed by atoms with E-state index in [0.29, 0.717) is 0 Å². The molecule has 1 aromatic rings. The monoisotopic (exact) mass is 308 g/mol. The van der Waals surface area contributed by atoms with E-state index >= 15 is 0 Å². The first-order chi connectivity index (χ1) is 11.4. The highest BCUT2D eigenvalue weighted by molar-refractivity contribution is 5.30. The molecule has 119 valence electrons. The molecule has 0 aromatic heterocycles. The third kappa shape index (κ3) is 4.14. The lowest BCUT2D eigenvalue weighted by Gasteiger charge is -2.25. The Hall–Kier alpha value is -2.26. The second-order valence-corrected chi connectivity index (χ2v) is 5.64. The highest BCUT2D eigenvalue weighted by atomic mass is 16.5. The molecule has 23 heavy (non-hydrogen) atoms. The quantitative estimate of drug-likeness (QED) is 0.856. The number of ether oxygens (including phenoxy) is 2. The van der Waals surface area contributed by atoms with Gasteiger partial charge in [-0.15, -0.1) is 0 Å². The van der Waals surface area contributed by atoms with E-state index in [4.69, 9.17) is 9.47 Å². The average Bonchev–Trinajstić information content (AvgIpc) is 2.64. The number of nitrogens with one attached hydrogen (secondary N) is 1. The molecule has 0 spiro atoms. The normalized spacial score (nSPS) is 17.8. The van der Waals surface area contributed by atoms with Crippen molar-refractivity contribution in [3.8, 4) is 0 Å². The van der Waals surface area contributed by atoms with Gasteiger partial charge in [0.25, 0.3) is 0 Å². The molecule has 2 aliphatic rings. The first kappa shape index (κ1) is 15.6. The Labute approximate surface area is 138 Å². The molecule has 0 amide bonds. The fourth-order valence-electron chi connectivity index (χ4n) is 2.80. The Balaban J connectivity index is 1.74. The van der Waals surface area contributed by atoms with Crippen molar-refractivity contribution >= 4 is 0 Å². The van der Waals surface area contributed by atoms with Crippen LogP contribution < -0.4 is 5.32 Å². The Morgan fingerprint density at radius 2 is 2.13 bits per heavy atom. The molecule has 0 saturated carbocycles. The van der Waals surface area contributed by atoms with Crippen molar-refractivity contribution in [3.05, 3.63) is 90.7 Å². The molecule has 0 bridgehead atoms. The van der Waals surface area contributed by atoms with Crippen LogP contribution in [0.15, 0.2) is 72.6 Å². The van der Waals surface area contributed by atoms with Crippen molar-refractivity contribution in [2.45, 2.75) is 31.8 Å². The summed E-state index contributed by atoms with van der Waals surface area (Å²) in [7, 11) is 0. The van der Waals surface area contributed by atoms with E-state index in [0.717, 1.165) is 31.6 Å². The summed E-state index contributed by atoms with van der Waals surface area (Å²) in [4.78, 5) is 0. The average molecular weight is 308 g/mol. The maximum atomic E-state index is 5.64. The summed E-state index contributed by atoms with van der Waals surface area (Å²) in [5.74, 6) is 0.794. The van der Waals surface area contributed by atoms with Gasteiger partial charge in [-0.1, -0.05) is 42.5 Å². The van der Waals surface area contributed by atoms with Crippen molar-refractivity contribution in [1.29, 1.82) is 0 Å². The van der Waals surface area contributed by atoms with Gasteiger partial charge in [0, 0.05) is 6.54 Å². The number of rotatable bonds is 6. The fraction of sp³-hybridized carbons (Fsp3) is 0.250. The molecule has 1 radical (unpaired) electrons. The summed E-state index contributed by atoms with van der Waals surface area (Å²) in [5, 5.41) is 3.60. The summed E-state index contributed by atoms with van der Waals surface area (Å²) < 4.78 is 10.9. The summed E-state index contributed by atoms with van der Waals surface area (Å²) in [6, 6.07) is 8.53. The maximum absolute atomic E-state index is 5.64. The van der Waals surface area contributed by atoms with Gasteiger partial charge in [-0.25, -0.2) is 0 Å². The van der Waals surface area contributed by atoms with Crippen molar-refractivity contribution in [2.75, 3.05) is 0 Å². The molecule has 1 heterocycles. The second kappa shape index (κ2) is 7.84. The van der Waals surface area contributed by atoms with Crippen molar-refractivity contribution < 1.29 is 9.47 Å². The summed E-state index contributed by atoms with van der Waals surface area (Å²) >= 11 is 0. The summed E-state index contributed by atoms with van der Waals surface area (Å²) in [6.45, 7) is 4.72. The van der Waals surface area contributed by atoms with E-state index in [9.17, 15) is 0 Å². The maximum Gasteiger partial charge on any atom is 0.159 e. The molecule has 1 aliphatic heterocycles. The largest absolute Gasteiger partial charge is 0.466 e. The van der Waals surface area contributed by atoms with Gasteiger partial charge in [0.2, 0.25) is 0 Å². The number of allylic oxidation sites excluding steroid dienone is 3. The van der Waals surface area contributed by atoms with Crippen LogP contribution in [0.4, 0.5) is 0 Å². The van der Waals surface area contributed by atoms with E-state index in [-0.39, 0.29) is 6.04 Å². The summed E-state index contributed by atoms with van der Waals surface area (Å²) in [5.41, 5.74) is 3.81. The molecule has 3 nitrogen and oxygen atoms in total. The Morgan fingerprint density at radius 1 is 1.22 bits per heavy atom. The van der Waals surface area contributed by atoms with Crippen molar-refractivity contribution in [3.63, 3.8) is 0 Å². The SMILES string of the molecule is [CH2]Cc1cccc(CNC(C2=CC=CCC2)C2=COC=CO2)c1. The van der Waals surface area contributed by atoms with Gasteiger partial charge in [-0.2, -0.15) is 0 Å². The minimum absolute atomic E-state index is 0.0216. The van der Waals surface area contributed by atoms with Gasteiger partial charge in [-0.05, 0) is 42.9 Å². The van der Waals surface area contributed by atoms with Crippen molar-refractivity contribution in [1.82, 2.24) is 5.32 Å². The van der Waals surface area contributed by atoms with E-state index in [1.54, 1.807) is 12.5 Å². The fourth-order valence-corrected chi connectivity index (χ4v) is 2.80. The van der Waals surface area contributed by atoms with Gasteiger partial charge in [-0.3, -0.25) is 5.32 Å². The molecule has 1 atom stereocenters. The molecule has 1 N–H and O–H groups in total. The van der Waals surface area contributed by atoms with Crippen LogP contribution in [0.1, 0.15) is 24.0 Å². The van der Waals surface area contributed by atoms with Gasteiger partial charge in [0.05, 0.1) is 6.04 Å². The smallest absolute Gasteiger partial charge is 0.159 e. The van der Waals surface area contributed by atoms with E-state index in [2.05, 4.69) is 54.7 Å². The van der Waals surface area contributed by atoms with Gasteiger partial charge in [0.1, 0.15) is 18.8 Å². The van der Waals surface area contributed by atoms with E-state index < -0.39 is 0 Å². The zero-order valence-electron chi connectivity index (χ0n) is 13.2. The molecular weight excluding hydrogens is 286 g/mol. The standard InChI is InChI=1S/C20H22NO2/c1-2-16-7-6-8-17(13-16)14-21-20(18-9-4-3-5-10-18)19-15-22-11-12-23-19/h3-4,6-9,11-13,15,20-21H,1-2,5,10,14H2. The van der Waals surface area contributed by atoms with Crippen LogP contribution in [0.25, 0.3) is 0 Å². The molecule has 0 saturated heterocycles. The minimum atomic E-state index is 0.0216. The van der Waals surface area contributed by atoms with Crippen molar-refractivity contribution in [2.24, 2.45) is 0 Å². The van der Waals surface area contributed by atoms with Crippen LogP contribution in [0.3, 0.4) is 0 Å². The minimum Gasteiger partial charge on any atom is -0.466 e. The second-order valence-electron chi connectivity index (χ2n) is 5.64. The molecule has 1 aromatic carbocycles. The lowest BCUT2D eigenvalue weighted by atomic mass is 9.96. The Kier molecular flexibility index (Phi) is 5.33. The van der Waals surface area contributed by atoms with Crippen LogP contribution in [0.5, 0.6) is 0 Å². The van der Waals surface area contributed by atoms with Gasteiger partial charge in [0.15, 0.2) is 5.76 Å². The van der Waals surface area contributed by atoms with Crippen LogP contribution in [0.2, 0.25) is 0 Å². The van der Waals surface area contributed by atoms with Crippen LogP contribution in [-0.4, -0.2) is 6.04 Å². The molecule has 3 heteroatoms. The first-order valence-corrected chi connectivity index (χ1v) is 8.00. The first-order valence-electron chi connectivity index (χ1n) is 8.00. The van der Waals surface area contributed by atoms with Crippen LogP contribution in [0, 0.1) is 6.92 Å². The van der Waals surface area contributed by atoms with Crippen LogP contribution >= 0.6 is 0 Å².